The quantitative estimate of drug-likeness (QED) is 0.259. The molecular weight excluding hydrogens is 338 g/mol. The molecule has 142 valence electrons. The first-order valence-electron chi connectivity index (χ1n) is 8.38. The Balaban J connectivity index is 3.06. The summed E-state index contributed by atoms with van der Waals surface area (Å²) in [7, 11) is 1.46. The van der Waals surface area contributed by atoms with Crippen molar-refractivity contribution in [2.75, 3.05) is 26.9 Å². The van der Waals surface area contributed by atoms with Crippen molar-refractivity contribution < 1.29 is 29.3 Å². The number of amides is 1. The number of nitrogens with one attached hydrogen (secondary N) is 1. The number of aliphatic hydroxyl groups is 2. The highest BCUT2D eigenvalue weighted by atomic mass is 16.6. The van der Waals surface area contributed by atoms with E-state index in [0.29, 0.717) is 30.6 Å². The molecular formula is C19H25NO6. The van der Waals surface area contributed by atoms with Crippen LogP contribution in [0.15, 0.2) is 12.1 Å². The zero-order valence-corrected chi connectivity index (χ0v) is 15.1. The smallest absolute Gasteiger partial charge is 0.308 e. The summed E-state index contributed by atoms with van der Waals surface area (Å²) in [5, 5.41) is 20.2. The van der Waals surface area contributed by atoms with Gasteiger partial charge in [0.05, 0.1) is 19.3 Å². The maximum atomic E-state index is 11.7. The fraction of sp³-hybridized carbons (Fsp3) is 0.474. The van der Waals surface area contributed by atoms with Crippen LogP contribution in [0.25, 0.3) is 0 Å². The van der Waals surface area contributed by atoms with Crippen LogP contribution in [0.3, 0.4) is 0 Å². The van der Waals surface area contributed by atoms with E-state index in [-0.39, 0.29) is 37.8 Å². The lowest BCUT2D eigenvalue weighted by atomic mass is 10.0. The molecule has 0 radical (unpaired) electrons. The molecule has 0 aliphatic rings. The summed E-state index contributed by atoms with van der Waals surface area (Å²) in [6.45, 7) is 1.46. The lowest BCUT2D eigenvalue weighted by molar-refractivity contribution is -0.132. The van der Waals surface area contributed by atoms with Gasteiger partial charge in [0.2, 0.25) is 5.91 Å². The van der Waals surface area contributed by atoms with Crippen LogP contribution < -0.4 is 14.8 Å². The van der Waals surface area contributed by atoms with E-state index in [0.717, 1.165) is 5.56 Å². The number of carbonyl (C=O) groups excluding carboxylic acids is 2. The summed E-state index contributed by atoms with van der Waals surface area (Å²) in [5.41, 5.74) is 1.30. The molecule has 0 heterocycles. The van der Waals surface area contributed by atoms with Gasteiger partial charge in [-0.15, -0.1) is 0 Å². The molecule has 1 aromatic rings. The molecule has 0 spiro atoms. The van der Waals surface area contributed by atoms with Gasteiger partial charge in [-0.25, -0.2) is 0 Å². The summed E-state index contributed by atoms with van der Waals surface area (Å²) in [6, 6.07) is 3.46. The van der Waals surface area contributed by atoms with Crippen molar-refractivity contribution in [2.45, 2.75) is 32.6 Å². The Hall–Kier alpha value is -2.56. The third-order valence-corrected chi connectivity index (χ3v) is 3.34. The molecule has 7 nitrogen and oxygen atoms in total. The van der Waals surface area contributed by atoms with Crippen molar-refractivity contribution >= 4 is 11.9 Å². The number of rotatable bonds is 9. The normalized spacial score (nSPS) is 9.85. The lowest BCUT2D eigenvalue weighted by Crippen LogP contribution is -2.26. The summed E-state index contributed by atoms with van der Waals surface area (Å²) < 4.78 is 10.5. The van der Waals surface area contributed by atoms with Crippen LogP contribution in [0.1, 0.15) is 37.3 Å². The second-order valence-corrected chi connectivity index (χ2v) is 5.47. The molecule has 0 bridgehead atoms. The number of esters is 1. The van der Waals surface area contributed by atoms with Crippen molar-refractivity contribution in [3.8, 4) is 23.3 Å². The first-order chi connectivity index (χ1) is 12.5. The zero-order valence-electron chi connectivity index (χ0n) is 15.1. The molecule has 0 aliphatic carbocycles. The fourth-order valence-corrected chi connectivity index (χ4v) is 2.16. The number of aryl methyl sites for hydroxylation is 1. The largest absolute Gasteiger partial charge is 0.493 e. The molecule has 3 N–H and O–H groups in total. The van der Waals surface area contributed by atoms with Crippen LogP contribution >= 0.6 is 0 Å². The van der Waals surface area contributed by atoms with Crippen molar-refractivity contribution in [2.24, 2.45) is 0 Å². The van der Waals surface area contributed by atoms with Crippen LogP contribution in [-0.4, -0.2) is 49.0 Å². The first kappa shape index (κ1) is 21.5. The van der Waals surface area contributed by atoms with E-state index in [1.807, 2.05) is 0 Å². The van der Waals surface area contributed by atoms with Gasteiger partial charge in [-0.1, -0.05) is 11.8 Å². The topological polar surface area (TPSA) is 105 Å². The summed E-state index contributed by atoms with van der Waals surface area (Å²) in [6.07, 6.45) is 1.75. The second-order valence-electron chi connectivity index (χ2n) is 5.47. The van der Waals surface area contributed by atoms with E-state index >= 15 is 0 Å². The Morgan fingerprint density at radius 3 is 2.62 bits per heavy atom. The van der Waals surface area contributed by atoms with E-state index in [1.54, 1.807) is 12.1 Å². The highest BCUT2D eigenvalue weighted by Crippen LogP contribution is 2.33. The Bertz CT molecular complexity index is 675. The van der Waals surface area contributed by atoms with E-state index < -0.39 is 5.97 Å². The van der Waals surface area contributed by atoms with E-state index in [1.165, 1.54) is 14.0 Å². The van der Waals surface area contributed by atoms with E-state index in [4.69, 9.17) is 19.7 Å². The van der Waals surface area contributed by atoms with Crippen LogP contribution in [0.4, 0.5) is 0 Å². The van der Waals surface area contributed by atoms with Gasteiger partial charge in [-0.3, -0.25) is 9.59 Å². The minimum atomic E-state index is -0.488. The molecule has 0 saturated carbocycles. The molecule has 7 heteroatoms. The van der Waals surface area contributed by atoms with Crippen LogP contribution in [0.5, 0.6) is 11.5 Å². The highest BCUT2D eigenvalue weighted by molar-refractivity contribution is 5.76. The number of hydrogen-bond acceptors (Lipinski definition) is 6. The second kappa shape index (κ2) is 11.9. The molecule has 0 aromatic heterocycles. The van der Waals surface area contributed by atoms with Gasteiger partial charge >= 0.3 is 5.97 Å². The molecule has 0 fully saturated rings. The van der Waals surface area contributed by atoms with Gasteiger partial charge in [0.1, 0.15) is 0 Å². The van der Waals surface area contributed by atoms with Crippen LogP contribution in [0.2, 0.25) is 0 Å². The molecule has 1 aromatic carbocycles. The maximum absolute atomic E-state index is 11.7. The standard InChI is InChI=1S/C19H25NO6/c1-14(23)26-19-16(6-4-3-5-10-21)12-15(13-17(19)25-2)7-8-18(24)20-9-11-22/h12-13,21-22H,3,5,7-11H2,1-2H3,(H,20,24). The van der Waals surface area contributed by atoms with Crippen molar-refractivity contribution in [3.05, 3.63) is 23.3 Å². The van der Waals surface area contributed by atoms with Crippen molar-refractivity contribution in [1.82, 2.24) is 5.32 Å². The van der Waals surface area contributed by atoms with Crippen molar-refractivity contribution in [3.63, 3.8) is 0 Å². The number of unbranched alkanes of at least 4 members (excludes halogenated alkanes) is 1. The highest BCUT2D eigenvalue weighted by Gasteiger charge is 2.15. The van der Waals surface area contributed by atoms with Crippen LogP contribution in [-0.2, 0) is 16.0 Å². The van der Waals surface area contributed by atoms with E-state index in [9.17, 15) is 9.59 Å². The average molecular weight is 363 g/mol. The van der Waals surface area contributed by atoms with Gasteiger partial charge < -0.3 is 25.0 Å². The van der Waals surface area contributed by atoms with Gasteiger partial charge in [-0.2, -0.15) is 0 Å². The summed E-state index contributed by atoms with van der Waals surface area (Å²) in [5.74, 6) is 5.81. The summed E-state index contributed by atoms with van der Waals surface area (Å²) >= 11 is 0. The van der Waals surface area contributed by atoms with Gasteiger partial charge in [0.25, 0.3) is 0 Å². The maximum Gasteiger partial charge on any atom is 0.308 e. The van der Waals surface area contributed by atoms with Crippen LogP contribution in [0, 0.1) is 11.8 Å². The predicted octanol–water partition coefficient (Wildman–Crippen LogP) is 0.786. The predicted molar refractivity (Wildman–Crippen MR) is 95.9 cm³/mol. The Labute approximate surface area is 153 Å². The fourth-order valence-electron chi connectivity index (χ4n) is 2.16. The number of methoxy groups -OCH3 is 1. The number of hydrogen-bond donors (Lipinski definition) is 3. The number of ether oxygens (including phenoxy) is 2. The SMILES string of the molecule is COc1cc(CCC(=O)NCCO)cc(C#CCCCO)c1OC(C)=O. The Morgan fingerprint density at radius 2 is 2.00 bits per heavy atom. The monoisotopic (exact) mass is 363 g/mol. The molecule has 26 heavy (non-hydrogen) atoms. The number of benzene rings is 1. The van der Waals surface area contributed by atoms with E-state index in [2.05, 4.69) is 17.2 Å². The molecule has 0 unspecified atom stereocenters. The van der Waals surface area contributed by atoms with Crippen molar-refractivity contribution in [1.29, 1.82) is 0 Å². The number of carbonyl (C=O) groups is 2. The number of aliphatic hydroxyl groups excluding tert-OH is 2. The molecule has 0 saturated heterocycles. The molecule has 0 atom stereocenters. The minimum absolute atomic E-state index is 0.0534. The molecule has 1 amide bonds. The summed E-state index contributed by atoms with van der Waals surface area (Å²) in [4.78, 5) is 23.1. The van der Waals surface area contributed by atoms with Gasteiger partial charge in [0.15, 0.2) is 11.5 Å². The first-order valence-corrected chi connectivity index (χ1v) is 8.38. The third kappa shape index (κ3) is 7.55. The average Bonchev–Trinajstić information content (AvgIpc) is 2.62. The lowest BCUT2D eigenvalue weighted by Gasteiger charge is -2.13. The molecule has 1 rings (SSSR count). The minimum Gasteiger partial charge on any atom is -0.493 e. The zero-order chi connectivity index (χ0) is 19.4. The molecule has 0 aliphatic heterocycles. The van der Waals surface area contributed by atoms with Gasteiger partial charge in [0, 0.05) is 32.9 Å². The third-order valence-electron chi connectivity index (χ3n) is 3.34. The Morgan fingerprint density at radius 1 is 1.23 bits per heavy atom. The Kier molecular flexibility index (Phi) is 9.83. The van der Waals surface area contributed by atoms with Gasteiger partial charge in [-0.05, 0) is 30.5 Å².